The maximum Gasteiger partial charge on any atom is 0.227 e. The second-order valence-corrected chi connectivity index (χ2v) is 7.27. The number of rotatable bonds is 3. The molecule has 3 rings (SSSR count). The Morgan fingerprint density at radius 1 is 1.20 bits per heavy atom. The molecular formula is C17H22BrNO. The minimum atomic E-state index is 0.0649. The molecule has 1 amide bonds. The molecule has 0 bridgehead atoms. The normalized spacial score (nSPS) is 28.9. The van der Waals surface area contributed by atoms with Crippen molar-refractivity contribution < 1.29 is 4.79 Å². The van der Waals surface area contributed by atoms with Crippen LogP contribution in [-0.4, -0.2) is 17.3 Å². The lowest BCUT2D eigenvalue weighted by atomic mass is 9.82. The highest BCUT2D eigenvalue weighted by atomic mass is 79.9. The van der Waals surface area contributed by atoms with Crippen molar-refractivity contribution in [3.8, 4) is 0 Å². The second-order valence-electron chi connectivity index (χ2n) is 6.10. The minimum absolute atomic E-state index is 0.0649. The number of nitrogens with one attached hydrogen (secondary N) is 1. The summed E-state index contributed by atoms with van der Waals surface area (Å²) >= 11 is 3.73. The highest BCUT2D eigenvalue weighted by Gasteiger charge is 2.29. The first kappa shape index (κ1) is 14.1. The fraction of sp³-hybridized carbons (Fsp3) is 0.588. The molecule has 1 fully saturated rings. The zero-order valence-corrected chi connectivity index (χ0v) is 13.4. The van der Waals surface area contributed by atoms with E-state index in [9.17, 15) is 4.79 Å². The van der Waals surface area contributed by atoms with Gasteiger partial charge in [0.15, 0.2) is 0 Å². The molecule has 1 aromatic rings. The first-order valence-electron chi connectivity index (χ1n) is 7.75. The first-order chi connectivity index (χ1) is 9.75. The van der Waals surface area contributed by atoms with E-state index in [0.29, 0.717) is 10.7 Å². The maximum absolute atomic E-state index is 12.5. The van der Waals surface area contributed by atoms with Crippen molar-refractivity contribution in [2.75, 3.05) is 6.54 Å². The van der Waals surface area contributed by atoms with Crippen LogP contribution in [0.3, 0.4) is 0 Å². The van der Waals surface area contributed by atoms with E-state index in [1.807, 2.05) is 0 Å². The number of amides is 1. The van der Waals surface area contributed by atoms with Crippen molar-refractivity contribution in [3.63, 3.8) is 0 Å². The summed E-state index contributed by atoms with van der Waals surface area (Å²) in [5.41, 5.74) is 2.61. The van der Waals surface area contributed by atoms with Gasteiger partial charge in [0.1, 0.15) is 0 Å². The van der Waals surface area contributed by atoms with E-state index in [1.54, 1.807) is 0 Å². The molecule has 108 valence electrons. The van der Waals surface area contributed by atoms with Crippen LogP contribution in [0.4, 0.5) is 0 Å². The van der Waals surface area contributed by atoms with E-state index < -0.39 is 0 Å². The molecule has 0 aromatic heterocycles. The third-order valence-corrected chi connectivity index (χ3v) is 6.00. The predicted octanol–water partition coefficient (Wildman–Crippen LogP) is 3.79. The van der Waals surface area contributed by atoms with Gasteiger partial charge in [-0.2, -0.15) is 0 Å². The number of fused-ring (bicyclic) bond motifs is 1. The van der Waals surface area contributed by atoms with Gasteiger partial charge in [-0.05, 0) is 49.1 Å². The van der Waals surface area contributed by atoms with Crippen LogP contribution in [0.1, 0.15) is 49.1 Å². The fourth-order valence-corrected chi connectivity index (χ4v) is 4.38. The Morgan fingerprint density at radius 2 is 2.05 bits per heavy atom. The molecular weight excluding hydrogens is 314 g/mol. The molecule has 3 atom stereocenters. The summed E-state index contributed by atoms with van der Waals surface area (Å²) in [6.07, 6.45) is 6.99. The maximum atomic E-state index is 12.5. The van der Waals surface area contributed by atoms with Crippen molar-refractivity contribution in [2.24, 2.45) is 5.92 Å². The van der Waals surface area contributed by atoms with Crippen LogP contribution in [-0.2, 0) is 11.2 Å². The topological polar surface area (TPSA) is 29.1 Å². The number of hydrogen-bond donors (Lipinski definition) is 1. The van der Waals surface area contributed by atoms with Gasteiger partial charge in [0.25, 0.3) is 0 Å². The lowest BCUT2D eigenvalue weighted by Crippen LogP contribution is -2.35. The van der Waals surface area contributed by atoms with Crippen molar-refractivity contribution in [2.45, 2.75) is 49.3 Å². The van der Waals surface area contributed by atoms with E-state index in [-0.39, 0.29) is 11.8 Å². The number of aryl methyl sites for hydroxylation is 1. The van der Waals surface area contributed by atoms with Gasteiger partial charge in [-0.15, -0.1) is 0 Å². The molecule has 1 N–H and O–H groups in total. The highest BCUT2D eigenvalue weighted by Crippen LogP contribution is 2.33. The largest absolute Gasteiger partial charge is 0.355 e. The molecule has 1 aromatic carbocycles. The quantitative estimate of drug-likeness (QED) is 0.836. The predicted molar refractivity (Wildman–Crippen MR) is 85.2 cm³/mol. The standard InChI is InChI=1S/C17H22BrNO/c18-16-10-4-7-13(16)11-19-17(20)15-9-3-6-12-5-1-2-8-14(12)15/h1-2,5,8,13,15-16H,3-4,6-7,9-11H2,(H,19,20). The third-order valence-electron chi connectivity index (χ3n) is 4.79. The molecule has 0 aliphatic heterocycles. The van der Waals surface area contributed by atoms with E-state index in [2.05, 4.69) is 45.5 Å². The molecule has 0 spiro atoms. The molecule has 0 saturated heterocycles. The summed E-state index contributed by atoms with van der Waals surface area (Å²) < 4.78 is 0. The minimum Gasteiger partial charge on any atom is -0.355 e. The second kappa shape index (κ2) is 6.30. The summed E-state index contributed by atoms with van der Waals surface area (Å²) in [6.45, 7) is 0.827. The van der Waals surface area contributed by atoms with Gasteiger partial charge >= 0.3 is 0 Å². The monoisotopic (exact) mass is 335 g/mol. The Labute approximate surface area is 129 Å². The van der Waals surface area contributed by atoms with Crippen LogP contribution in [0, 0.1) is 5.92 Å². The number of carbonyl (C=O) groups is 1. The summed E-state index contributed by atoms with van der Waals surface area (Å²) in [5, 5.41) is 3.20. The van der Waals surface area contributed by atoms with Gasteiger partial charge in [0.05, 0.1) is 5.92 Å². The Kier molecular flexibility index (Phi) is 4.45. The third kappa shape index (κ3) is 2.93. The molecule has 2 aliphatic carbocycles. The van der Waals surface area contributed by atoms with E-state index in [4.69, 9.17) is 0 Å². The van der Waals surface area contributed by atoms with E-state index >= 15 is 0 Å². The molecule has 2 nitrogen and oxygen atoms in total. The van der Waals surface area contributed by atoms with Crippen LogP contribution in [0.5, 0.6) is 0 Å². The lowest BCUT2D eigenvalue weighted by Gasteiger charge is -2.25. The van der Waals surface area contributed by atoms with Gasteiger partial charge < -0.3 is 5.32 Å². The molecule has 3 heteroatoms. The average molecular weight is 336 g/mol. The van der Waals surface area contributed by atoms with Crippen LogP contribution >= 0.6 is 15.9 Å². The summed E-state index contributed by atoms with van der Waals surface area (Å²) in [6, 6.07) is 8.42. The smallest absolute Gasteiger partial charge is 0.227 e. The number of hydrogen-bond acceptors (Lipinski definition) is 1. The van der Waals surface area contributed by atoms with Gasteiger partial charge in [0.2, 0.25) is 5.91 Å². The summed E-state index contributed by atoms with van der Waals surface area (Å²) in [7, 11) is 0. The van der Waals surface area contributed by atoms with Crippen LogP contribution < -0.4 is 5.32 Å². The average Bonchev–Trinajstić information content (AvgIpc) is 2.89. The summed E-state index contributed by atoms with van der Waals surface area (Å²) in [5.74, 6) is 0.900. The Hall–Kier alpha value is -0.830. The first-order valence-corrected chi connectivity index (χ1v) is 8.67. The number of alkyl halides is 1. The Balaban J connectivity index is 1.63. The molecule has 3 unspecified atom stereocenters. The summed E-state index contributed by atoms with van der Waals surface area (Å²) in [4.78, 5) is 13.1. The number of halogens is 1. The van der Waals surface area contributed by atoms with Gasteiger partial charge in [-0.1, -0.05) is 46.6 Å². The van der Waals surface area contributed by atoms with Gasteiger partial charge in [-0.25, -0.2) is 0 Å². The SMILES string of the molecule is O=C(NCC1CCCC1Br)C1CCCc2ccccc21. The molecule has 0 heterocycles. The number of carbonyl (C=O) groups excluding carboxylic acids is 1. The van der Waals surface area contributed by atoms with Crippen molar-refractivity contribution >= 4 is 21.8 Å². The zero-order valence-electron chi connectivity index (χ0n) is 11.8. The molecule has 1 saturated carbocycles. The van der Waals surface area contributed by atoms with Crippen LogP contribution in [0.15, 0.2) is 24.3 Å². The van der Waals surface area contributed by atoms with Crippen LogP contribution in [0.2, 0.25) is 0 Å². The van der Waals surface area contributed by atoms with Crippen molar-refractivity contribution in [1.29, 1.82) is 0 Å². The fourth-order valence-electron chi connectivity index (χ4n) is 3.60. The Bertz CT molecular complexity index is 488. The van der Waals surface area contributed by atoms with E-state index in [1.165, 1.54) is 30.4 Å². The van der Waals surface area contributed by atoms with Crippen LogP contribution in [0.25, 0.3) is 0 Å². The Morgan fingerprint density at radius 3 is 2.85 bits per heavy atom. The van der Waals surface area contributed by atoms with Gasteiger partial charge in [-0.3, -0.25) is 4.79 Å². The number of benzene rings is 1. The molecule has 20 heavy (non-hydrogen) atoms. The highest BCUT2D eigenvalue weighted by molar-refractivity contribution is 9.09. The van der Waals surface area contributed by atoms with Gasteiger partial charge in [0, 0.05) is 11.4 Å². The molecule has 0 radical (unpaired) electrons. The van der Waals surface area contributed by atoms with E-state index in [0.717, 1.165) is 25.8 Å². The lowest BCUT2D eigenvalue weighted by molar-refractivity contribution is -0.123. The zero-order chi connectivity index (χ0) is 13.9. The van der Waals surface area contributed by atoms with Crippen molar-refractivity contribution in [3.05, 3.63) is 35.4 Å². The molecule has 2 aliphatic rings. The van der Waals surface area contributed by atoms with Crippen molar-refractivity contribution in [1.82, 2.24) is 5.32 Å².